The number of benzene rings is 1. The molecule has 1 aromatic carbocycles. The summed E-state index contributed by atoms with van der Waals surface area (Å²) < 4.78 is 6.37. The first-order valence-corrected chi connectivity index (χ1v) is 7.36. The number of hydrogen-bond donors (Lipinski definition) is 1. The van der Waals surface area contributed by atoms with Gasteiger partial charge in [0.15, 0.2) is 0 Å². The Morgan fingerprint density at radius 2 is 2.11 bits per heavy atom. The van der Waals surface area contributed by atoms with E-state index < -0.39 is 0 Å². The minimum atomic E-state index is -0.244. The Hall–Kier alpha value is -0.550. The summed E-state index contributed by atoms with van der Waals surface area (Å²) in [6.07, 6.45) is 0. The van der Waals surface area contributed by atoms with Crippen molar-refractivity contribution in [3.05, 3.63) is 49.1 Å². The Morgan fingerprint density at radius 1 is 1.39 bits per heavy atom. The molecule has 0 fully saturated rings. The third-order valence-electron chi connectivity index (χ3n) is 2.65. The van der Waals surface area contributed by atoms with Gasteiger partial charge < -0.3 is 10.5 Å². The molecule has 0 aliphatic carbocycles. The number of rotatable bonds is 3. The van der Waals surface area contributed by atoms with Crippen LogP contribution < -0.4 is 10.5 Å². The van der Waals surface area contributed by atoms with Crippen molar-refractivity contribution in [3.8, 4) is 5.75 Å². The van der Waals surface area contributed by atoms with E-state index in [4.69, 9.17) is 22.1 Å². The first-order valence-electron chi connectivity index (χ1n) is 5.37. The number of halogens is 2. The largest absolute Gasteiger partial charge is 0.496 e. The minimum absolute atomic E-state index is 0.244. The molecule has 0 amide bonds. The molecule has 2 rings (SSSR count). The molecule has 1 unspecified atom stereocenters. The highest BCUT2D eigenvalue weighted by atomic mass is 79.9. The second kappa shape index (κ2) is 5.61. The van der Waals surface area contributed by atoms with Gasteiger partial charge in [0, 0.05) is 24.8 Å². The normalized spacial score (nSPS) is 12.5. The fraction of sp³-hybridized carbons (Fsp3) is 0.231. The summed E-state index contributed by atoms with van der Waals surface area (Å²) in [5.41, 5.74) is 7.21. The number of nitrogens with two attached hydrogens (primary N) is 1. The van der Waals surface area contributed by atoms with Crippen LogP contribution in [0, 0.1) is 6.92 Å². The van der Waals surface area contributed by atoms with Crippen LogP contribution in [0.4, 0.5) is 0 Å². The van der Waals surface area contributed by atoms with E-state index in [2.05, 4.69) is 28.9 Å². The van der Waals surface area contributed by atoms with Crippen molar-refractivity contribution in [1.82, 2.24) is 0 Å². The van der Waals surface area contributed by atoms with Crippen LogP contribution in [-0.2, 0) is 0 Å². The van der Waals surface area contributed by atoms with Gasteiger partial charge in [0.05, 0.1) is 13.2 Å². The lowest BCUT2D eigenvalue weighted by atomic mass is 10.1. The van der Waals surface area contributed by atoms with Crippen LogP contribution in [-0.4, -0.2) is 7.11 Å². The van der Waals surface area contributed by atoms with Gasteiger partial charge in [0.2, 0.25) is 0 Å². The van der Waals surface area contributed by atoms with Crippen molar-refractivity contribution >= 4 is 38.9 Å². The average Bonchev–Trinajstić information content (AvgIpc) is 2.67. The number of thiophene rings is 1. The fourth-order valence-electron chi connectivity index (χ4n) is 1.80. The van der Waals surface area contributed by atoms with Gasteiger partial charge in [-0.3, -0.25) is 0 Å². The van der Waals surface area contributed by atoms with Gasteiger partial charge >= 0.3 is 0 Å². The topological polar surface area (TPSA) is 35.2 Å². The summed E-state index contributed by atoms with van der Waals surface area (Å²) in [5.74, 6) is 0.754. The van der Waals surface area contributed by atoms with Crippen LogP contribution >= 0.6 is 38.9 Å². The molecule has 0 spiro atoms. The maximum Gasteiger partial charge on any atom is 0.124 e. The second-order valence-electron chi connectivity index (χ2n) is 3.93. The molecule has 2 N–H and O–H groups in total. The lowest BCUT2D eigenvalue weighted by Crippen LogP contribution is -2.12. The molecule has 0 saturated carbocycles. The predicted molar refractivity (Wildman–Crippen MR) is 80.8 cm³/mol. The molecule has 0 bridgehead atoms. The van der Waals surface area contributed by atoms with Gasteiger partial charge in [-0.1, -0.05) is 11.6 Å². The van der Waals surface area contributed by atoms with Crippen molar-refractivity contribution in [2.24, 2.45) is 5.73 Å². The molecule has 5 heteroatoms. The van der Waals surface area contributed by atoms with Gasteiger partial charge in [-0.15, -0.1) is 11.3 Å². The van der Waals surface area contributed by atoms with Gasteiger partial charge in [0.25, 0.3) is 0 Å². The van der Waals surface area contributed by atoms with Crippen LogP contribution in [0.1, 0.15) is 21.4 Å². The third-order valence-corrected chi connectivity index (χ3v) is 4.93. The molecule has 2 aromatic rings. The first-order chi connectivity index (χ1) is 8.52. The van der Waals surface area contributed by atoms with Gasteiger partial charge in [0.1, 0.15) is 5.75 Å². The number of methoxy groups -OCH3 is 1. The zero-order valence-corrected chi connectivity index (χ0v) is 13.2. The second-order valence-corrected chi connectivity index (χ2v) is 6.51. The van der Waals surface area contributed by atoms with Crippen molar-refractivity contribution in [2.75, 3.05) is 7.11 Å². The molecule has 2 nitrogen and oxygen atoms in total. The highest BCUT2D eigenvalue weighted by Gasteiger charge is 2.19. The lowest BCUT2D eigenvalue weighted by Gasteiger charge is -2.15. The molecular formula is C13H13BrClNOS. The van der Waals surface area contributed by atoms with Crippen molar-refractivity contribution < 1.29 is 4.74 Å². The average molecular weight is 347 g/mol. The van der Waals surface area contributed by atoms with E-state index in [0.717, 1.165) is 20.7 Å². The summed E-state index contributed by atoms with van der Waals surface area (Å²) in [6.45, 7) is 2.06. The minimum Gasteiger partial charge on any atom is -0.496 e. The van der Waals surface area contributed by atoms with E-state index in [9.17, 15) is 0 Å². The van der Waals surface area contributed by atoms with Crippen LogP contribution in [0.15, 0.2) is 28.7 Å². The summed E-state index contributed by atoms with van der Waals surface area (Å²) >= 11 is 11.2. The number of aryl methyl sites for hydroxylation is 1. The van der Waals surface area contributed by atoms with E-state index in [0.29, 0.717) is 5.02 Å². The Labute approximate surface area is 124 Å². The molecular weight excluding hydrogens is 334 g/mol. The maximum atomic E-state index is 6.32. The molecule has 1 atom stereocenters. The summed E-state index contributed by atoms with van der Waals surface area (Å²) in [7, 11) is 1.63. The fourth-order valence-corrected chi connectivity index (χ4v) is 3.90. The standard InChI is InChI=1S/C13H13BrClNOS/c1-7-5-10(14)13(18-7)12(16)9-6-8(15)3-4-11(9)17-2/h3-6,12H,16H2,1-2H3. The van der Waals surface area contributed by atoms with E-state index >= 15 is 0 Å². The van der Waals surface area contributed by atoms with E-state index in [1.54, 1.807) is 24.5 Å². The SMILES string of the molecule is COc1ccc(Cl)cc1C(N)c1sc(C)cc1Br. The van der Waals surface area contributed by atoms with Crippen molar-refractivity contribution in [3.63, 3.8) is 0 Å². The van der Waals surface area contributed by atoms with E-state index in [-0.39, 0.29) is 6.04 Å². The third kappa shape index (κ3) is 2.72. The molecule has 18 heavy (non-hydrogen) atoms. The van der Waals surface area contributed by atoms with Crippen molar-refractivity contribution in [2.45, 2.75) is 13.0 Å². The molecule has 0 aliphatic heterocycles. The lowest BCUT2D eigenvalue weighted by molar-refractivity contribution is 0.408. The molecule has 0 saturated heterocycles. The Morgan fingerprint density at radius 3 is 2.67 bits per heavy atom. The van der Waals surface area contributed by atoms with E-state index in [1.165, 1.54) is 4.88 Å². The Kier molecular flexibility index (Phi) is 4.33. The van der Waals surface area contributed by atoms with Crippen LogP contribution in [0.25, 0.3) is 0 Å². The highest BCUT2D eigenvalue weighted by molar-refractivity contribution is 9.10. The predicted octanol–water partition coefficient (Wildman–Crippen LogP) is 4.53. The smallest absolute Gasteiger partial charge is 0.124 e. The van der Waals surface area contributed by atoms with Crippen LogP contribution in [0.3, 0.4) is 0 Å². The zero-order chi connectivity index (χ0) is 13.3. The quantitative estimate of drug-likeness (QED) is 0.886. The maximum absolute atomic E-state index is 6.32. The highest BCUT2D eigenvalue weighted by Crippen LogP contribution is 2.38. The first kappa shape index (κ1) is 13.9. The number of ether oxygens (including phenoxy) is 1. The van der Waals surface area contributed by atoms with E-state index in [1.807, 2.05) is 12.1 Å². The van der Waals surface area contributed by atoms with Gasteiger partial charge in [-0.05, 0) is 47.1 Å². The molecule has 96 valence electrons. The molecule has 1 aromatic heterocycles. The van der Waals surface area contributed by atoms with Gasteiger partial charge in [-0.2, -0.15) is 0 Å². The van der Waals surface area contributed by atoms with Gasteiger partial charge in [-0.25, -0.2) is 0 Å². The summed E-state index contributed by atoms with van der Waals surface area (Å²) in [6, 6.07) is 7.31. The Balaban J connectivity index is 2.48. The Bertz CT molecular complexity index is 570. The number of hydrogen-bond acceptors (Lipinski definition) is 3. The zero-order valence-electron chi connectivity index (χ0n) is 10.0. The van der Waals surface area contributed by atoms with Crippen LogP contribution in [0.2, 0.25) is 5.02 Å². The molecule has 1 heterocycles. The summed E-state index contributed by atoms with van der Waals surface area (Å²) in [4.78, 5) is 2.29. The summed E-state index contributed by atoms with van der Waals surface area (Å²) in [5, 5.41) is 0.658. The molecule has 0 aliphatic rings. The van der Waals surface area contributed by atoms with Crippen molar-refractivity contribution in [1.29, 1.82) is 0 Å². The molecule has 0 radical (unpaired) electrons. The van der Waals surface area contributed by atoms with Crippen LogP contribution in [0.5, 0.6) is 5.75 Å². The monoisotopic (exact) mass is 345 g/mol.